The minimum Gasteiger partial charge on any atom is -0.454 e. The highest BCUT2D eigenvalue weighted by molar-refractivity contribution is 7.33. The van der Waals surface area contributed by atoms with Gasteiger partial charge >= 0.3 is 0 Å². The SMILES string of the molecule is CC(C)(C)c1ccc(N(c2ccc3c(c2)N(c2cccc4c2-c2ccccc2C42CCCC2)c2cc(C4CCCCC4)cc4c2B3c2sc3cc5c(cc3c2N4c2cccc3c2oc2ccccc23)C(C)(C)CCC5(C)C)c2ccccc2-c2ccccc2)cc1. The Morgan fingerprint density at radius 3 is 1.93 bits per heavy atom. The van der Waals surface area contributed by atoms with E-state index in [4.69, 9.17) is 4.42 Å². The predicted molar refractivity (Wildman–Crippen MR) is 388 cm³/mol. The molecule has 4 heterocycles. The molecular weight excluding hydrogens is 1120 g/mol. The normalized spacial score (nSPS) is 17.5. The standard InChI is InChI=1S/C85H78BN3OS/c1-82(2,3)56-38-40-57(41-39-56)87(69-34-18-15-28-59(69)54-26-12-9-13-27-54)58-42-43-68-72(50-58)88(70-35-23-33-65-77(70)62-30-14-17-32-64(62)85(65)44-20-21-45-85)73-48-55(53-24-10-8-11-25-53)49-74-78(73)86(68)81-79(63-51-66-67(52-76(63)91-81)84(6,7)47-46-83(66,4)5)89(74)71-36-22-31-61-60-29-16-19-37-75(60)90-80(61)71/h9,12-19,22-23,26-43,48-53H,8,10-11,20-21,24-25,44-47H2,1-7H3. The van der Waals surface area contributed by atoms with Crippen molar-refractivity contribution in [2.75, 3.05) is 14.7 Å². The van der Waals surface area contributed by atoms with E-state index in [0.717, 1.165) is 51.1 Å². The van der Waals surface area contributed by atoms with Crippen molar-refractivity contribution in [1.82, 2.24) is 0 Å². The van der Waals surface area contributed by atoms with Gasteiger partial charge in [0.2, 0.25) is 0 Å². The van der Waals surface area contributed by atoms with Gasteiger partial charge in [-0.15, -0.1) is 11.3 Å². The third kappa shape index (κ3) is 8.26. The summed E-state index contributed by atoms with van der Waals surface area (Å²) in [5, 5.41) is 3.65. The van der Waals surface area contributed by atoms with Gasteiger partial charge in [-0.1, -0.05) is 214 Å². The summed E-state index contributed by atoms with van der Waals surface area (Å²) in [7, 11) is 0. The maximum absolute atomic E-state index is 7.24. The summed E-state index contributed by atoms with van der Waals surface area (Å²) in [5.41, 5.74) is 29.5. The van der Waals surface area contributed by atoms with Crippen LogP contribution >= 0.6 is 11.3 Å². The molecule has 0 bridgehead atoms. The van der Waals surface area contributed by atoms with Crippen LogP contribution < -0.4 is 30.4 Å². The van der Waals surface area contributed by atoms with Crippen molar-refractivity contribution in [2.24, 2.45) is 0 Å². The fourth-order valence-electron chi connectivity index (χ4n) is 18.0. The molecule has 4 aliphatic carbocycles. The zero-order valence-electron chi connectivity index (χ0n) is 53.7. The zero-order chi connectivity index (χ0) is 61.3. The number of fused-ring (bicyclic) bond motifs is 15. The number of thiophene rings is 1. The first-order chi connectivity index (χ1) is 44.2. The van der Waals surface area contributed by atoms with Gasteiger partial charge in [0, 0.05) is 70.6 Å². The first-order valence-corrected chi connectivity index (χ1v) is 34.8. The monoisotopic (exact) mass is 1200 g/mol. The molecule has 2 saturated carbocycles. The van der Waals surface area contributed by atoms with Gasteiger partial charge in [-0.05, 0) is 189 Å². The van der Waals surface area contributed by atoms with Gasteiger partial charge in [0.15, 0.2) is 5.58 Å². The molecule has 0 unspecified atom stereocenters. The molecule has 2 aromatic heterocycles. The summed E-state index contributed by atoms with van der Waals surface area (Å²) in [6.45, 7) is 16.8. The van der Waals surface area contributed by atoms with E-state index in [9.17, 15) is 0 Å². The topological polar surface area (TPSA) is 22.9 Å². The minimum absolute atomic E-state index is 0.00265. The third-order valence-corrected chi connectivity index (χ3v) is 24.0. The summed E-state index contributed by atoms with van der Waals surface area (Å²) in [5.74, 6) is 0.424. The highest BCUT2D eigenvalue weighted by Crippen LogP contribution is 2.62. The van der Waals surface area contributed by atoms with Crippen LogP contribution in [0.3, 0.4) is 0 Å². The number of anilines is 9. The third-order valence-electron chi connectivity index (χ3n) is 22.8. The lowest BCUT2D eigenvalue weighted by molar-refractivity contribution is 0.332. The summed E-state index contributed by atoms with van der Waals surface area (Å²) < 4.78 is 10.00. The average molecular weight is 1200 g/mol. The van der Waals surface area contributed by atoms with E-state index < -0.39 is 0 Å². The molecular formula is C85H78BN3OS. The van der Waals surface area contributed by atoms with Crippen LogP contribution in [0.15, 0.2) is 211 Å². The number of benzene rings is 10. The summed E-state index contributed by atoms with van der Waals surface area (Å²) in [6, 6.07) is 80.4. The molecule has 0 atom stereocenters. The molecule has 1 spiro atoms. The number of hydrogen-bond donors (Lipinski definition) is 0. The lowest BCUT2D eigenvalue weighted by Crippen LogP contribution is -2.60. The first kappa shape index (κ1) is 55.3. The molecule has 0 N–H and O–H groups in total. The van der Waals surface area contributed by atoms with Crippen LogP contribution in [0.2, 0.25) is 0 Å². The molecule has 0 radical (unpaired) electrons. The largest absolute Gasteiger partial charge is 0.454 e. The molecule has 448 valence electrons. The van der Waals surface area contributed by atoms with Crippen molar-refractivity contribution in [1.29, 1.82) is 0 Å². The molecule has 0 amide bonds. The highest BCUT2D eigenvalue weighted by Gasteiger charge is 2.51. The van der Waals surface area contributed by atoms with E-state index >= 15 is 0 Å². The van der Waals surface area contributed by atoms with Crippen molar-refractivity contribution in [3.8, 4) is 22.3 Å². The van der Waals surface area contributed by atoms with Crippen LogP contribution in [0, 0.1) is 0 Å². The minimum atomic E-state index is -0.0800. The summed E-state index contributed by atoms with van der Waals surface area (Å²) >= 11 is 2.04. The van der Waals surface area contributed by atoms with Crippen LogP contribution in [-0.4, -0.2) is 6.71 Å². The Kier molecular flexibility index (Phi) is 12.3. The first-order valence-electron chi connectivity index (χ1n) is 34.0. The Bertz CT molecular complexity index is 4950. The number of rotatable bonds is 7. The van der Waals surface area contributed by atoms with Gasteiger partial charge in [-0.3, -0.25) is 0 Å². The predicted octanol–water partition coefficient (Wildman–Crippen LogP) is 22.6. The smallest absolute Gasteiger partial charge is 0.264 e. The van der Waals surface area contributed by atoms with Gasteiger partial charge in [-0.2, -0.15) is 0 Å². The second kappa shape index (κ2) is 20.2. The molecule has 0 saturated heterocycles. The second-order valence-corrected chi connectivity index (χ2v) is 31.0. The molecule has 4 nitrogen and oxygen atoms in total. The summed E-state index contributed by atoms with van der Waals surface area (Å²) in [4.78, 5) is 8.09. The molecule has 2 fully saturated rings. The van der Waals surface area contributed by atoms with Gasteiger partial charge in [-0.25, -0.2) is 0 Å². The molecule has 6 heteroatoms. The Hall–Kier alpha value is -8.58. The van der Waals surface area contributed by atoms with E-state index in [-0.39, 0.29) is 28.4 Å². The van der Waals surface area contributed by atoms with Crippen molar-refractivity contribution in [3.05, 3.63) is 240 Å². The quantitative estimate of drug-likeness (QED) is 0.148. The van der Waals surface area contributed by atoms with Crippen molar-refractivity contribution in [2.45, 2.75) is 147 Å². The Morgan fingerprint density at radius 1 is 0.505 bits per heavy atom. The van der Waals surface area contributed by atoms with E-state index in [1.165, 1.54) is 174 Å². The number of nitrogens with zero attached hydrogens (tertiary/aromatic N) is 3. The molecule has 6 aliphatic rings. The van der Waals surface area contributed by atoms with Gasteiger partial charge in [0.1, 0.15) is 5.58 Å². The lowest BCUT2D eigenvalue weighted by Gasteiger charge is -2.45. The van der Waals surface area contributed by atoms with Crippen molar-refractivity contribution < 1.29 is 4.42 Å². The van der Waals surface area contributed by atoms with Crippen LogP contribution in [0.1, 0.15) is 158 Å². The van der Waals surface area contributed by atoms with Gasteiger partial charge < -0.3 is 19.1 Å². The summed E-state index contributed by atoms with van der Waals surface area (Å²) in [6.07, 6.45) is 13.3. The van der Waals surface area contributed by atoms with E-state index in [1.807, 2.05) is 11.3 Å². The molecule has 2 aliphatic heterocycles. The lowest BCUT2D eigenvalue weighted by atomic mass is 9.36. The zero-order valence-corrected chi connectivity index (χ0v) is 54.5. The maximum atomic E-state index is 7.24. The fraction of sp³-hybridized carbons (Fsp3) is 0.271. The Balaban J connectivity index is 0.978. The number of para-hydroxylation sites is 3. The number of furan rings is 1. The average Bonchev–Trinajstić information content (AvgIpc) is 1.66. The molecule has 18 rings (SSSR count). The van der Waals surface area contributed by atoms with Crippen LogP contribution in [0.5, 0.6) is 0 Å². The second-order valence-electron chi connectivity index (χ2n) is 29.9. The highest BCUT2D eigenvalue weighted by atomic mass is 32.1. The van der Waals surface area contributed by atoms with Crippen LogP contribution in [0.25, 0.3) is 54.3 Å². The van der Waals surface area contributed by atoms with Crippen molar-refractivity contribution in [3.63, 3.8) is 0 Å². The molecule has 12 aromatic rings. The fourth-order valence-corrected chi connectivity index (χ4v) is 19.4. The van der Waals surface area contributed by atoms with Gasteiger partial charge in [0.25, 0.3) is 6.71 Å². The van der Waals surface area contributed by atoms with E-state index in [1.54, 1.807) is 0 Å². The number of hydrogen-bond acceptors (Lipinski definition) is 5. The maximum Gasteiger partial charge on any atom is 0.264 e. The van der Waals surface area contributed by atoms with Gasteiger partial charge in [0.05, 0.1) is 22.7 Å². The Morgan fingerprint density at radius 2 is 1.15 bits per heavy atom. The van der Waals surface area contributed by atoms with E-state index in [0.29, 0.717) is 5.92 Å². The van der Waals surface area contributed by atoms with Crippen molar-refractivity contribution >= 4 is 117 Å². The van der Waals surface area contributed by atoms with Crippen LogP contribution in [0.4, 0.5) is 51.2 Å². The Labute approximate surface area is 541 Å². The van der Waals surface area contributed by atoms with Crippen LogP contribution in [-0.2, 0) is 21.7 Å². The molecule has 91 heavy (non-hydrogen) atoms. The van der Waals surface area contributed by atoms with E-state index in [2.05, 4.69) is 269 Å². The molecule has 10 aromatic carbocycles.